The summed E-state index contributed by atoms with van der Waals surface area (Å²) < 4.78 is 10.7. The van der Waals surface area contributed by atoms with Gasteiger partial charge in [-0.1, -0.05) is 5.21 Å². The number of anilines is 1. The molecular weight excluding hydrogens is 278 g/mol. The summed E-state index contributed by atoms with van der Waals surface area (Å²) in [6.45, 7) is 2.67. The molecular formula is C11H16N7O3+. The van der Waals surface area contributed by atoms with Crippen LogP contribution in [0, 0.1) is 0 Å². The molecule has 1 saturated heterocycles. The van der Waals surface area contributed by atoms with Crippen molar-refractivity contribution in [3.05, 3.63) is 11.4 Å². The second-order valence-corrected chi connectivity index (χ2v) is 4.90. The molecule has 0 aromatic carbocycles. The number of carbonyl (C=O) groups is 1. The maximum atomic E-state index is 11.8. The number of nitrogens with zero attached hydrogens (tertiary/aromatic N) is 5. The van der Waals surface area contributed by atoms with E-state index in [1.54, 1.807) is 0 Å². The molecule has 0 atom stereocenters. The normalized spacial score (nSPS) is 15.5. The highest BCUT2D eigenvalue weighted by molar-refractivity contribution is 5.88. The van der Waals surface area contributed by atoms with Gasteiger partial charge in [0.25, 0.3) is 0 Å². The molecule has 21 heavy (non-hydrogen) atoms. The summed E-state index contributed by atoms with van der Waals surface area (Å²) in [6.07, 6.45) is 2.33. The van der Waals surface area contributed by atoms with Crippen LogP contribution in [0.2, 0.25) is 0 Å². The van der Waals surface area contributed by atoms with Gasteiger partial charge >= 0.3 is 5.97 Å². The van der Waals surface area contributed by atoms with Crippen molar-refractivity contribution >= 4 is 11.8 Å². The minimum atomic E-state index is -0.537. The van der Waals surface area contributed by atoms with E-state index in [2.05, 4.69) is 25.3 Å². The zero-order chi connectivity index (χ0) is 14.8. The molecule has 0 spiro atoms. The zero-order valence-electron chi connectivity index (χ0n) is 11.6. The van der Waals surface area contributed by atoms with Crippen LogP contribution >= 0.6 is 0 Å². The summed E-state index contributed by atoms with van der Waals surface area (Å²) in [5.74, 6) is -0.217. The minimum absolute atomic E-state index is 0.0917. The molecule has 1 aliphatic heterocycles. The molecule has 10 nitrogen and oxygen atoms in total. The summed E-state index contributed by atoms with van der Waals surface area (Å²) >= 11 is 0. The van der Waals surface area contributed by atoms with Crippen LogP contribution in [0.15, 0.2) is 4.63 Å². The van der Waals surface area contributed by atoms with Crippen molar-refractivity contribution in [2.75, 3.05) is 25.9 Å². The van der Waals surface area contributed by atoms with Crippen molar-refractivity contribution in [2.45, 2.75) is 19.4 Å². The van der Waals surface area contributed by atoms with Gasteiger partial charge in [0.2, 0.25) is 11.6 Å². The van der Waals surface area contributed by atoms with Gasteiger partial charge in [0.05, 0.1) is 20.2 Å². The number of carbonyl (C=O) groups excluding carboxylic acids is 1. The predicted octanol–water partition coefficient (Wildman–Crippen LogP) is -1.80. The number of ether oxygens (including phenoxy) is 1. The SMILES string of the molecule is COC(=O)c1nnn(-c2nonc2N)c1C[NH+]1CCCC1. The fourth-order valence-corrected chi connectivity index (χ4v) is 2.51. The minimum Gasteiger partial charge on any atom is -0.464 e. The number of quaternary nitrogens is 1. The Kier molecular flexibility index (Phi) is 3.52. The Balaban J connectivity index is 2.01. The Hall–Kier alpha value is -2.49. The summed E-state index contributed by atoms with van der Waals surface area (Å²) in [5.41, 5.74) is 6.45. The summed E-state index contributed by atoms with van der Waals surface area (Å²) in [7, 11) is 1.31. The van der Waals surface area contributed by atoms with Crippen LogP contribution in [0.25, 0.3) is 5.82 Å². The zero-order valence-corrected chi connectivity index (χ0v) is 11.6. The monoisotopic (exact) mass is 294 g/mol. The molecule has 0 bridgehead atoms. The van der Waals surface area contributed by atoms with Gasteiger partial charge in [0.15, 0.2) is 5.69 Å². The van der Waals surface area contributed by atoms with Crippen LogP contribution in [-0.2, 0) is 11.3 Å². The molecule has 0 saturated carbocycles. The molecule has 0 unspecified atom stereocenters. The molecule has 3 rings (SSSR count). The highest BCUT2D eigenvalue weighted by atomic mass is 16.6. The van der Waals surface area contributed by atoms with Gasteiger partial charge < -0.3 is 15.4 Å². The Morgan fingerprint density at radius 1 is 1.43 bits per heavy atom. The first-order chi connectivity index (χ1) is 10.2. The van der Waals surface area contributed by atoms with Crippen LogP contribution in [0.1, 0.15) is 29.0 Å². The topological polar surface area (TPSA) is 126 Å². The van der Waals surface area contributed by atoms with E-state index in [4.69, 9.17) is 10.5 Å². The summed E-state index contributed by atoms with van der Waals surface area (Å²) in [5, 5.41) is 15.1. The number of nitrogens with two attached hydrogens (primary N) is 1. The average Bonchev–Trinajstić information content (AvgIpc) is 3.20. The van der Waals surface area contributed by atoms with Crippen LogP contribution in [0.4, 0.5) is 5.82 Å². The van der Waals surface area contributed by atoms with E-state index in [0.29, 0.717) is 12.2 Å². The lowest BCUT2D eigenvalue weighted by molar-refractivity contribution is -0.901. The Morgan fingerprint density at radius 3 is 2.81 bits per heavy atom. The first-order valence-corrected chi connectivity index (χ1v) is 6.65. The number of hydrogen-bond donors (Lipinski definition) is 2. The number of esters is 1. The van der Waals surface area contributed by atoms with Crippen molar-refractivity contribution in [3.8, 4) is 5.82 Å². The van der Waals surface area contributed by atoms with Gasteiger partial charge in [-0.05, 0) is 10.3 Å². The summed E-state index contributed by atoms with van der Waals surface area (Å²) in [6, 6.07) is 0. The quantitative estimate of drug-likeness (QED) is 0.632. The van der Waals surface area contributed by atoms with Crippen molar-refractivity contribution in [1.29, 1.82) is 0 Å². The van der Waals surface area contributed by atoms with Gasteiger partial charge in [-0.15, -0.1) is 5.10 Å². The number of methoxy groups -OCH3 is 1. The van der Waals surface area contributed by atoms with Crippen molar-refractivity contribution in [3.63, 3.8) is 0 Å². The third-order valence-corrected chi connectivity index (χ3v) is 3.57. The second-order valence-electron chi connectivity index (χ2n) is 4.90. The van der Waals surface area contributed by atoms with Gasteiger partial charge in [0.1, 0.15) is 12.2 Å². The molecule has 3 heterocycles. The van der Waals surface area contributed by atoms with Crippen LogP contribution < -0.4 is 10.6 Å². The highest BCUT2D eigenvalue weighted by Crippen LogP contribution is 2.15. The number of rotatable bonds is 4. The third-order valence-electron chi connectivity index (χ3n) is 3.57. The van der Waals surface area contributed by atoms with Crippen LogP contribution in [-0.4, -0.2) is 51.5 Å². The van der Waals surface area contributed by atoms with Crippen molar-refractivity contribution in [1.82, 2.24) is 25.3 Å². The number of nitrogen functional groups attached to an aromatic ring is 1. The number of likely N-dealkylation sites (tertiary alicyclic amines) is 1. The Morgan fingerprint density at radius 2 is 2.19 bits per heavy atom. The lowest BCUT2D eigenvalue weighted by atomic mass is 10.3. The molecule has 0 amide bonds. The van der Waals surface area contributed by atoms with Gasteiger partial charge in [-0.25, -0.2) is 9.42 Å². The molecule has 10 heteroatoms. The highest BCUT2D eigenvalue weighted by Gasteiger charge is 2.28. The first kappa shape index (κ1) is 13.5. The second kappa shape index (κ2) is 5.48. The van der Waals surface area contributed by atoms with E-state index < -0.39 is 5.97 Å². The fraction of sp³-hybridized carbons (Fsp3) is 0.545. The number of nitrogens with one attached hydrogen (secondary N) is 1. The smallest absolute Gasteiger partial charge is 0.360 e. The average molecular weight is 294 g/mol. The maximum Gasteiger partial charge on any atom is 0.360 e. The standard InChI is InChI=1S/C11H15N7O3/c1-20-11(19)8-7(6-17-4-2-3-5-17)18(16-13-8)10-9(12)14-21-15-10/h2-6H2,1H3,(H2,12,14)/p+1. The van der Waals surface area contributed by atoms with Crippen LogP contribution in [0.5, 0.6) is 0 Å². The van der Waals surface area contributed by atoms with E-state index in [0.717, 1.165) is 25.9 Å². The molecule has 1 aliphatic rings. The van der Waals surface area contributed by atoms with Gasteiger partial charge in [-0.3, -0.25) is 0 Å². The van der Waals surface area contributed by atoms with Gasteiger partial charge in [0, 0.05) is 12.8 Å². The molecule has 0 aliphatic carbocycles. The molecule has 3 N–H and O–H groups in total. The lowest BCUT2D eigenvalue weighted by Gasteiger charge is -2.12. The third kappa shape index (κ3) is 2.44. The van der Waals surface area contributed by atoms with Crippen molar-refractivity contribution in [2.24, 2.45) is 0 Å². The molecule has 112 valence electrons. The van der Waals surface area contributed by atoms with E-state index in [1.165, 1.54) is 16.7 Å². The van der Waals surface area contributed by atoms with E-state index in [9.17, 15) is 4.79 Å². The molecule has 0 radical (unpaired) electrons. The molecule has 2 aromatic rings. The predicted molar refractivity (Wildman–Crippen MR) is 68.6 cm³/mol. The maximum absolute atomic E-state index is 11.8. The number of hydrogen-bond acceptors (Lipinski definition) is 8. The largest absolute Gasteiger partial charge is 0.464 e. The van der Waals surface area contributed by atoms with Crippen molar-refractivity contribution < 1.29 is 19.1 Å². The lowest BCUT2D eigenvalue weighted by Crippen LogP contribution is -3.08. The fourth-order valence-electron chi connectivity index (χ4n) is 2.51. The number of aromatic nitrogens is 5. The van der Waals surface area contributed by atoms with E-state index in [-0.39, 0.29) is 17.3 Å². The van der Waals surface area contributed by atoms with E-state index in [1.807, 2.05) is 0 Å². The van der Waals surface area contributed by atoms with Gasteiger partial charge in [-0.2, -0.15) is 4.68 Å². The Bertz CT molecular complexity index is 644. The van der Waals surface area contributed by atoms with E-state index >= 15 is 0 Å². The molecule has 1 fully saturated rings. The summed E-state index contributed by atoms with van der Waals surface area (Å²) in [4.78, 5) is 13.2. The molecule has 2 aromatic heterocycles. The van der Waals surface area contributed by atoms with Crippen LogP contribution in [0.3, 0.4) is 0 Å². The first-order valence-electron chi connectivity index (χ1n) is 6.65. The Labute approximate surface area is 119 Å².